The van der Waals surface area contributed by atoms with Crippen LogP contribution in [0.5, 0.6) is 0 Å². The van der Waals surface area contributed by atoms with Crippen LogP contribution in [-0.2, 0) is 0 Å². The van der Waals surface area contributed by atoms with E-state index in [9.17, 15) is 9.18 Å². The first kappa shape index (κ1) is 13.8. The van der Waals surface area contributed by atoms with Crippen molar-refractivity contribution in [2.75, 3.05) is 6.54 Å². The van der Waals surface area contributed by atoms with Crippen LogP contribution in [0, 0.1) is 12.7 Å². The SMILES string of the molecule is Cc1ccccc1[C@H]1CCCN1C(=O)c1ccccc1F. The summed E-state index contributed by atoms with van der Waals surface area (Å²) in [6.07, 6.45) is 1.89. The standard InChI is InChI=1S/C18H18FNO/c1-13-7-2-3-8-14(13)17-11-6-12-20(17)18(21)15-9-4-5-10-16(15)19/h2-5,7-10,17H,6,11-12H2,1H3/t17-/m1/s1. The van der Waals surface area contributed by atoms with Crippen molar-refractivity contribution in [2.45, 2.75) is 25.8 Å². The first-order valence-corrected chi connectivity index (χ1v) is 7.29. The Balaban J connectivity index is 1.93. The largest absolute Gasteiger partial charge is 0.332 e. The van der Waals surface area contributed by atoms with E-state index in [2.05, 4.69) is 19.1 Å². The van der Waals surface area contributed by atoms with Crippen LogP contribution in [0.3, 0.4) is 0 Å². The summed E-state index contributed by atoms with van der Waals surface area (Å²) >= 11 is 0. The molecule has 108 valence electrons. The molecular formula is C18H18FNO. The van der Waals surface area contributed by atoms with Crippen molar-refractivity contribution >= 4 is 5.91 Å². The highest BCUT2D eigenvalue weighted by Gasteiger charge is 2.32. The molecule has 0 unspecified atom stereocenters. The zero-order valence-corrected chi connectivity index (χ0v) is 12.1. The second kappa shape index (κ2) is 5.68. The molecular weight excluding hydrogens is 265 g/mol. The molecule has 1 aliphatic rings. The number of halogens is 1. The van der Waals surface area contributed by atoms with Crippen molar-refractivity contribution in [2.24, 2.45) is 0 Å². The summed E-state index contributed by atoms with van der Waals surface area (Å²) in [5.41, 5.74) is 2.51. The molecule has 3 heteroatoms. The molecule has 1 amide bonds. The Kier molecular flexibility index (Phi) is 3.74. The molecule has 0 bridgehead atoms. The fourth-order valence-corrected chi connectivity index (χ4v) is 3.08. The van der Waals surface area contributed by atoms with E-state index in [1.807, 2.05) is 12.1 Å². The van der Waals surface area contributed by atoms with Crippen LogP contribution in [-0.4, -0.2) is 17.4 Å². The first-order valence-electron chi connectivity index (χ1n) is 7.29. The van der Waals surface area contributed by atoms with Gasteiger partial charge in [0.25, 0.3) is 5.91 Å². The summed E-state index contributed by atoms with van der Waals surface area (Å²) < 4.78 is 13.9. The van der Waals surface area contributed by atoms with E-state index in [0.717, 1.165) is 12.8 Å². The Morgan fingerprint density at radius 1 is 1.14 bits per heavy atom. The lowest BCUT2D eigenvalue weighted by Gasteiger charge is -2.26. The predicted octanol–water partition coefficient (Wildman–Crippen LogP) is 4.11. The molecule has 3 rings (SSSR count). The van der Waals surface area contributed by atoms with Crippen LogP contribution in [0.1, 0.15) is 40.4 Å². The Morgan fingerprint density at radius 3 is 2.62 bits per heavy atom. The molecule has 0 radical (unpaired) electrons. The van der Waals surface area contributed by atoms with Crippen molar-refractivity contribution < 1.29 is 9.18 Å². The van der Waals surface area contributed by atoms with Gasteiger partial charge in [-0.05, 0) is 43.0 Å². The summed E-state index contributed by atoms with van der Waals surface area (Å²) in [5.74, 6) is -0.656. The number of rotatable bonds is 2. The fourth-order valence-electron chi connectivity index (χ4n) is 3.08. The highest BCUT2D eigenvalue weighted by Crippen LogP contribution is 2.34. The number of hydrogen-bond donors (Lipinski definition) is 0. The minimum atomic E-state index is -0.446. The lowest BCUT2D eigenvalue weighted by Crippen LogP contribution is -2.31. The zero-order chi connectivity index (χ0) is 14.8. The Morgan fingerprint density at radius 2 is 1.86 bits per heavy atom. The van der Waals surface area contributed by atoms with Gasteiger partial charge in [0.2, 0.25) is 0 Å². The van der Waals surface area contributed by atoms with Crippen LogP contribution in [0.25, 0.3) is 0 Å². The van der Waals surface area contributed by atoms with Gasteiger partial charge in [-0.1, -0.05) is 36.4 Å². The van der Waals surface area contributed by atoms with Crippen molar-refractivity contribution in [3.8, 4) is 0 Å². The molecule has 0 saturated carbocycles. The molecule has 21 heavy (non-hydrogen) atoms. The van der Waals surface area contributed by atoms with Crippen LogP contribution in [0.2, 0.25) is 0 Å². The molecule has 1 fully saturated rings. The number of hydrogen-bond acceptors (Lipinski definition) is 1. The number of carbonyl (C=O) groups excluding carboxylic acids is 1. The maximum absolute atomic E-state index is 13.9. The van der Waals surface area contributed by atoms with E-state index in [0.29, 0.717) is 6.54 Å². The number of amides is 1. The summed E-state index contributed by atoms with van der Waals surface area (Å²) in [5, 5.41) is 0. The maximum atomic E-state index is 13.9. The number of aryl methyl sites for hydroxylation is 1. The Hall–Kier alpha value is -2.16. The number of carbonyl (C=O) groups is 1. The lowest BCUT2D eigenvalue weighted by molar-refractivity contribution is 0.0730. The third-order valence-corrected chi connectivity index (χ3v) is 4.17. The summed E-state index contributed by atoms with van der Waals surface area (Å²) in [4.78, 5) is 14.5. The molecule has 2 aromatic carbocycles. The second-order valence-electron chi connectivity index (χ2n) is 5.49. The van der Waals surface area contributed by atoms with Crippen LogP contribution >= 0.6 is 0 Å². The quantitative estimate of drug-likeness (QED) is 0.812. The van der Waals surface area contributed by atoms with Gasteiger partial charge in [0.1, 0.15) is 5.82 Å². The minimum Gasteiger partial charge on any atom is -0.332 e. The molecule has 1 heterocycles. The predicted molar refractivity (Wildman–Crippen MR) is 80.6 cm³/mol. The van der Waals surface area contributed by atoms with Crippen molar-refractivity contribution in [3.63, 3.8) is 0 Å². The number of benzene rings is 2. The average Bonchev–Trinajstić information content (AvgIpc) is 2.97. The topological polar surface area (TPSA) is 20.3 Å². The highest BCUT2D eigenvalue weighted by molar-refractivity contribution is 5.95. The molecule has 0 N–H and O–H groups in total. The van der Waals surface area contributed by atoms with E-state index in [4.69, 9.17) is 0 Å². The van der Waals surface area contributed by atoms with Gasteiger partial charge in [-0.15, -0.1) is 0 Å². The number of nitrogens with zero attached hydrogens (tertiary/aromatic N) is 1. The zero-order valence-electron chi connectivity index (χ0n) is 12.1. The van der Waals surface area contributed by atoms with Gasteiger partial charge in [-0.2, -0.15) is 0 Å². The first-order chi connectivity index (χ1) is 10.2. The normalized spacial score (nSPS) is 18.0. The fraction of sp³-hybridized carbons (Fsp3) is 0.278. The maximum Gasteiger partial charge on any atom is 0.257 e. The van der Waals surface area contributed by atoms with Gasteiger partial charge in [0.05, 0.1) is 11.6 Å². The molecule has 1 aliphatic heterocycles. The van der Waals surface area contributed by atoms with Crippen molar-refractivity contribution in [3.05, 3.63) is 71.0 Å². The summed E-state index contributed by atoms with van der Waals surface area (Å²) in [6, 6.07) is 14.4. The van der Waals surface area contributed by atoms with E-state index in [-0.39, 0.29) is 17.5 Å². The molecule has 1 saturated heterocycles. The van der Waals surface area contributed by atoms with E-state index >= 15 is 0 Å². The molecule has 0 aromatic heterocycles. The van der Waals surface area contributed by atoms with Gasteiger partial charge in [0.15, 0.2) is 0 Å². The molecule has 0 spiro atoms. The Labute approximate surface area is 124 Å². The van der Waals surface area contributed by atoms with Gasteiger partial charge in [0, 0.05) is 6.54 Å². The monoisotopic (exact) mass is 283 g/mol. The number of likely N-dealkylation sites (tertiary alicyclic amines) is 1. The van der Waals surface area contributed by atoms with E-state index < -0.39 is 5.82 Å². The van der Waals surface area contributed by atoms with Crippen molar-refractivity contribution in [1.29, 1.82) is 0 Å². The molecule has 1 atom stereocenters. The second-order valence-corrected chi connectivity index (χ2v) is 5.49. The van der Waals surface area contributed by atoms with Crippen LogP contribution < -0.4 is 0 Å². The van der Waals surface area contributed by atoms with E-state index in [1.54, 1.807) is 23.1 Å². The van der Waals surface area contributed by atoms with Gasteiger partial charge in [-0.3, -0.25) is 4.79 Å². The van der Waals surface area contributed by atoms with Gasteiger partial charge < -0.3 is 4.90 Å². The molecule has 0 aliphatic carbocycles. The summed E-state index contributed by atoms with van der Waals surface area (Å²) in [6.45, 7) is 2.74. The van der Waals surface area contributed by atoms with Crippen LogP contribution in [0.15, 0.2) is 48.5 Å². The highest BCUT2D eigenvalue weighted by atomic mass is 19.1. The molecule has 2 nitrogen and oxygen atoms in total. The smallest absolute Gasteiger partial charge is 0.257 e. The Bertz CT molecular complexity index is 668. The third-order valence-electron chi connectivity index (χ3n) is 4.17. The third kappa shape index (κ3) is 2.56. The lowest BCUT2D eigenvalue weighted by atomic mass is 9.99. The summed E-state index contributed by atoms with van der Waals surface area (Å²) in [7, 11) is 0. The minimum absolute atomic E-state index is 0.0540. The van der Waals surface area contributed by atoms with Gasteiger partial charge >= 0.3 is 0 Å². The van der Waals surface area contributed by atoms with Crippen LogP contribution in [0.4, 0.5) is 4.39 Å². The molecule has 2 aromatic rings. The average molecular weight is 283 g/mol. The van der Waals surface area contributed by atoms with Crippen molar-refractivity contribution in [1.82, 2.24) is 4.90 Å². The van der Waals surface area contributed by atoms with E-state index in [1.165, 1.54) is 17.2 Å². The van der Waals surface area contributed by atoms with Gasteiger partial charge in [-0.25, -0.2) is 4.39 Å².